The third-order valence-electron chi connectivity index (χ3n) is 4.76. The highest BCUT2D eigenvalue weighted by atomic mass is 16.6. The molecule has 0 bridgehead atoms. The third kappa shape index (κ3) is 5.71. The van der Waals surface area contributed by atoms with Gasteiger partial charge in [0.15, 0.2) is 5.60 Å². The Hall–Kier alpha value is -2.05. The van der Waals surface area contributed by atoms with Crippen molar-refractivity contribution in [2.45, 2.75) is 58.7 Å². The third-order valence-corrected chi connectivity index (χ3v) is 4.76. The average Bonchev–Trinajstić information content (AvgIpc) is 2.84. The van der Waals surface area contributed by atoms with E-state index in [1.165, 1.54) is 14.0 Å². The molecule has 3 atom stereocenters. The van der Waals surface area contributed by atoms with Crippen molar-refractivity contribution in [1.29, 1.82) is 0 Å². The minimum atomic E-state index is -1.50. The molecule has 0 amide bonds. The van der Waals surface area contributed by atoms with Crippen molar-refractivity contribution in [1.82, 2.24) is 0 Å². The molecule has 152 valence electrons. The topological polar surface area (TPSA) is 96.2 Å². The summed E-state index contributed by atoms with van der Waals surface area (Å²) >= 11 is 0. The van der Waals surface area contributed by atoms with Gasteiger partial charge in [-0.15, -0.1) is 0 Å². The molecule has 0 radical (unpaired) electrons. The van der Waals surface area contributed by atoms with Crippen molar-refractivity contribution >= 4 is 5.97 Å². The first-order valence-electron chi connectivity index (χ1n) is 9.13. The Labute approximate surface area is 161 Å². The molecule has 0 aromatic rings. The van der Waals surface area contributed by atoms with Crippen LogP contribution >= 0.6 is 0 Å². The van der Waals surface area contributed by atoms with Crippen LogP contribution in [-0.4, -0.2) is 46.7 Å². The fraction of sp³-hybridized carbons (Fsp3) is 0.571. The quantitative estimate of drug-likeness (QED) is 0.306. The molecule has 0 saturated carbocycles. The molecular weight excluding hydrogens is 348 g/mol. The normalized spacial score (nSPS) is 23.3. The first-order chi connectivity index (χ1) is 12.6. The van der Waals surface area contributed by atoms with Crippen LogP contribution in [0.15, 0.2) is 47.0 Å². The summed E-state index contributed by atoms with van der Waals surface area (Å²) in [5.41, 5.74) is 0.341. The van der Waals surface area contributed by atoms with E-state index in [0.717, 1.165) is 11.1 Å². The highest BCUT2D eigenvalue weighted by Crippen LogP contribution is 2.36. The van der Waals surface area contributed by atoms with Gasteiger partial charge < -0.3 is 24.8 Å². The molecule has 0 aromatic heterocycles. The average molecular weight is 380 g/mol. The number of hydrogen-bond donors (Lipinski definition) is 3. The second-order valence-electron chi connectivity index (χ2n) is 7.18. The Balaban J connectivity index is 2.88. The lowest BCUT2D eigenvalue weighted by Gasteiger charge is -2.27. The molecule has 0 aliphatic carbocycles. The number of hydrogen-bond acceptors (Lipinski definition) is 6. The first-order valence-corrected chi connectivity index (χ1v) is 9.13. The van der Waals surface area contributed by atoms with Gasteiger partial charge in [0.25, 0.3) is 0 Å². The Bertz CT molecular complexity index is 658. The lowest BCUT2D eigenvalue weighted by molar-refractivity contribution is -0.152. The van der Waals surface area contributed by atoms with Crippen LogP contribution in [0.4, 0.5) is 0 Å². The van der Waals surface area contributed by atoms with E-state index in [4.69, 9.17) is 9.47 Å². The monoisotopic (exact) mass is 380 g/mol. The fourth-order valence-electron chi connectivity index (χ4n) is 3.09. The highest BCUT2D eigenvalue weighted by molar-refractivity contribution is 5.91. The van der Waals surface area contributed by atoms with Gasteiger partial charge in [0.1, 0.15) is 5.76 Å². The zero-order valence-corrected chi connectivity index (χ0v) is 16.9. The second kappa shape index (κ2) is 9.76. The molecule has 0 aromatic carbocycles. The Morgan fingerprint density at radius 1 is 1.44 bits per heavy atom. The molecule has 6 nitrogen and oxygen atoms in total. The smallest absolute Gasteiger partial charge is 0.338 e. The van der Waals surface area contributed by atoms with E-state index < -0.39 is 24.3 Å². The molecule has 1 rings (SSSR count). The van der Waals surface area contributed by atoms with Crippen LogP contribution in [0, 0.1) is 5.92 Å². The van der Waals surface area contributed by atoms with Crippen LogP contribution in [0.25, 0.3) is 0 Å². The van der Waals surface area contributed by atoms with Crippen LogP contribution in [0.3, 0.4) is 0 Å². The van der Waals surface area contributed by atoms with Gasteiger partial charge in [-0.3, -0.25) is 0 Å². The van der Waals surface area contributed by atoms with Crippen LogP contribution in [-0.2, 0) is 14.3 Å². The number of esters is 1. The molecule has 27 heavy (non-hydrogen) atoms. The molecule has 1 aliphatic rings. The summed E-state index contributed by atoms with van der Waals surface area (Å²) < 4.78 is 10.6. The summed E-state index contributed by atoms with van der Waals surface area (Å²) in [6.45, 7) is 10.7. The Morgan fingerprint density at radius 2 is 2.07 bits per heavy atom. The van der Waals surface area contributed by atoms with Gasteiger partial charge in [0.2, 0.25) is 0 Å². The van der Waals surface area contributed by atoms with Crippen LogP contribution in [0.5, 0.6) is 0 Å². The Morgan fingerprint density at radius 3 is 2.52 bits per heavy atom. The number of rotatable bonds is 10. The van der Waals surface area contributed by atoms with Crippen molar-refractivity contribution in [3.8, 4) is 0 Å². The van der Waals surface area contributed by atoms with Crippen molar-refractivity contribution in [3.63, 3.8) is 0 Å². The number of allylic oxidation sites excluding steroid dienone is 3. The van der Waals surface area contributed by atoms with Gasteiger partial charge >= 0.3 is 5.97 Å². The van der Waals surface area contributed by atoms with E-state index in [9.17, 15) is 20.1 Å². The fourth-order valence-corrected chi connectivity index (χ4v) is 3.09. The van der Waals surface area contributed by atoms with Gasteiger partial charge in [-0.1, -0.05) is 32.1 Å². The van der Waals surface area contributed by atoms with Crippen molar-refractivity contribution < 1.29 is 29.6 Å². The Kier molecular flexibility index (Phi) is 8.31. The van der Waals surface area contributed by atoms with Gasteiger partial charge in [-0.2, -0.15) is 0 Å². The van der Waals surface area contributed by atoms with Crippen molar-refractivity contribution in [3.05, 3.63) is 47.0 Å². The molecule has 0 unspecified atom stereocenters. The predicted octanol–water partition coefficient (Wildman–Crippen LogP) is 3.33. The second-order valence-corrected chi connectivity index (χ2v) is 7.18. The van der Waals surface area contributed by atoms with Crippen molar-refractivity contribution in [2.24, 2.45) is 5.92 Å². The number of aliphatic hydroxyl groups is 3. The van der Waals surface area contributed by atoms with E-state index in [2.05, 4.69) is 6.58 Å². The van der Waals surface area contributed by atoms with E-state index in [0.29, 0.717) is 18.6 Å². The molecule has 0 fully saturated rings. The summed E-state index contributed by atoms with van der Waals surface area (Å²) in [7, 11) is 1.49. The van der Waals surface area contributed by atoms with Crippen LogP contribution in [0.1, 0.15) is 47.0 Å². The minimum absolute atomic E-state index is 0.0369. The summed E-state index contributed by atoms with van der Waals surface area (Å²) in [6.07, 6.45) is 4.61. The van der Waals surface area contributed by atoms with Crippen molar-refractivity contribution in [2.75, 3.05) is 13.7 Å². The largest absolute Gasteiger partial charge is 0.507 e. The van der Waals surface area contributed by atoms with E-state index in [1.807, 2.05) is 32.9 Å². The van der Waals surface area contributed by atoms with E-state index >= 15 is 0 Å². The number of methoxy groups -OCH3 is 1. The summed E-state index contributed by atoms with van der Waals surface area (Å²) in [5, 5.41) is 29.8. The zero-order valence-electron chi connectivity index (χ0n) is 16.9. The summed E-state index contributed by atoms with van der Waals surface area (Å²) in [4.78, 5) is 11.7. The molecule has 0 saturated heterocycles. The lowest BCUT2D eigenvalue weighted by Crippen LogP contribution is -2.37. The van der Waals surface area contributed by atoms with Gasteiger partial charge in [-0.05, 0) is 44.3 Å². The molecule has 0 spiro atoms. The maximum Gasteiger partial charge on any atom is 0.338 e. The lowest BCUT2D eigenvalue weighted by atomic mass is 9.93. The highest BCUT2D eigenvalue weighted by Gasteiger charge is 2.47. The molecule has 6 heteroatoms. The maximum atomic E-state index is 11.7. The predicted molar refractivity (Wildman–Crippen MR) is 104 cm³/mol. The van der Waals surface area contributed by atoms with Gasteiger partial charge in [0, 0.05) is 0 Å². The molecule has 1 aliphatic heterocycles. The summed E-state index contributed by atoms with van der Waals surface area (Å²) in [5.74, 6) is -0.362. The number of cyclic esters (lactones) is 1. The maximum absolute atomic E-state index is 11.7. The molecular formula is C21H32O6. The van der Waals surface area contributed by atoms with E-state index in [-0.39, 0.29) is 23.7 Å². The molecule has 3 N–H and O–H groups in total. The zero-order chi connectivity index (χ0) is 20.8. The molecule has 1 heterocycles. The first kappa shape index (κ1) is 23.0. The summed E-state index contributed by atoms with van der Waals surface area (Å²) in [6, 6.07) is 0. The minimum Gasteiger partial charge on any atom is -0.507 e. The van der Waals surface area contributed by atoms with Gasteiger partial charge in [-0.25, -0.2) is 4.79 Å². The number of carbonyl (C=O) groups excluding carboxylic acids is 1. The standard InChI is InChI=1S/C21H32O6/c1-7-18(23)15(4)9-13(2)8-14(3)10-17(26-6)11-21(12-22)19(24)16(5)20(25)27-21/h9-10,14,18,22-24H,2,7-8,11-12H2,1,3-6H3/b15-9+,17-10-/t14-,18-,21-/m0/s1. The van der Waals surface area contributed by atoms with Crippen LogP contribution < -0.4 is 0 Å². The number of carbonyl (C=O) groups is 1. The number of ether oxygens (including phenoxy) is 2. The SMILES string of the molecule is C=C(/C=C(\C)[C@@H](O)CC)C[C@H](C)/C=C(/C[C@@]1(CO)OC(=O)C(C)=C1O)OC. The van der Waals surface area contributed by atoms with Gasteiger partial charge in [0.05, 0.1) is 37.6 Å². The van der Waals surface area contributed by atoms with Crippen LogP contribution in [0.2, 0.25) is 0 Å². The number of aliphatic hydroxyl groups excluding tert-OH is 3. The van der Waals surface area contributed by atoms with E-state index in [1.54, 1.807) is 0 Å².